The molecule has 1 aliphatic rings. The van der Waals surface area contributed by atoms with Gasteiger partial charge in [-0.1, -0.05) is 42.5 Å². The van der Waals surface area contributed by atoms with Crippen molar-refractivity contribution in [1.82, 2.24) is 10.3 Å². The number of hydrogen-bond acceptors (Lipinski definition) is 3. The molecule has 1 heterocycles. The quantitative estimate of drug-likeness (QED) is 0.330. The van der Waals surface area contributed by atoms with E-state index in [1.807, 2.05) is 54.6 Å². The zero-order valence-electron chi connectivity index (χ0n) is 14.1. The highest BCUT2D eigenvalue weighted by atomic mass is 79.9. The van der Waals surface area contributed by atoms with Crippen LogP contribution >= 0.6 is 15.9 Å². The lowest BCUT2D eigenvalue weighted by Gasteiger charge is -2.18. The molecule has 1 amide bonds. The van der Waals surface area contributed by atoms with Crippen LogP contribution in [0.3, 0.4) is 0 Å². The van der Waals surface area contributed by atoms with Crippen LogP contribution in [0.25, 0.3) is 6.08 Å². The zero-order valence-corrected chi connectivity index (χ0v) is 15.7. The highest BCUT2D eigenvalue weighted by Crippen LogP contribution is 2.41. The molecule has 1 unspecified atom stereocenters. The highest BCUT2D eigenvalue weighted by molar-refractivity contribution is 9.10. The molecule has 4 nitrogen and oxygen atoms in total. The van der Waals surface area contributed by atoms with Crippen molar-refractivity contribution in [2.45, 2.75) is 18.9 Å². The summed E-state index contributed by atoms with van der Waals surface area (Å²) in [6.07, 6.45) is 7.14. The summed E-state index contributed by atoms with van der Waals surface area (Å²) in [6.45, 7) is 0. The first kappa shape index (κ1) is 18.1. The maximum atomic E-state index is 12.5. The third-order valence-corrected chi connectivity index (χ3v) is 4.61. The number of nitriles is 1. The molecular weight excluding hydrogens is 390 g/mol. The minimum Gasteiger partial charge on any atom is -0.344 e. The maximum absolute atomic E-state index is 12.5. The van der Waals surface area contributed by atoms with Crippen molar-refractivity contribution >= 4 is 27.9 Å². The van der Waals surface area contributed by atoms with Crippen LogP contribution in [0.2, 0.25) is 0 Å². The van der Waals surface area contributed by atoms with Crippen molar-refractivity contribution in [3.63, 3.8) is 0 Å². The smallest absolute Gasteiger partial charge is 0.262 e. The summed E-state index contributed by atoms with van der Waals surface area (Å²) < 4.78 is 0.733. The van der Waals surface area contributed by atoms with Gasteiger partial charge in [-0.2, -0.15) is 5.26 Å². The van der Waals surface area contributed by atoms with E-state index in [0.717, 1.165) is 28.7 Å². The van der Waals surface area contributed by atoms with Crippen molar-refractivity contribution in [3.8, 4) is 6.07 Å². The molecule has 130 valence electrons. The van der Waals surface area contributed by atoms with Crippen LogP contribution in [-0.4, -0.2) is 10.9 Å². The van der Waals surface area contributed by atoms with Gasteiger partial charge >= 0.3 is 0 Å². The Morgan fingerprint density at radius 2 is 2.00 bits per heavy atom. The fourth-order valence-corrected chi connectivity index (χ4v) is 3.06. The number of rotatable bonds is 6. The Balaban J connectivity index is 1.71. The zero-order chi connectivity index (χ0) is 18.4. The van der Waals surface area contributed by atoms with Gasteiger partial charge in [0, 0.05) is 0 Å². The van der Waals surface area contributed by atoms with Crippen molar-refractivity contribution < 1.29 is 4.79 Å². The Hall–Kier alpha value is -2.71. The lowest BCUT2D eigenvalue weighted by Crippen LogP contribution is -2.30. The number of nitrogens with one attached hydrogen (secondary N) is 1. The van der Waals surface area contributed by atoms with Crippen LogP contribution in [0.1, 0.15) is 30.1 Å². The van der Waals surface area contributed by atoms with E-state index >= 15 is 0 Å². The summed E-state index contributed by atoms with van der Waals surface area (Å²) in [7, 11) is 0. The van der Waals surface area contributed by atoms with E-state index < -0.39 is 0 Å². The summed E-state index contributed by atoms with van der Waals surface area (Å²) >= 11 is 3.31. The normalized spacial score (nSPS) is 15.5. The molecule has 1 aromatic heterocycles. The van der Waals surface area contributed by atoms with E-state index in [2.05, 4.69) is 26.2 Å². The molecule has 0 saturated heterocycles. The van der Waals surface area contributed by atoms with E-state index in [1.165, 1.54) is 6.08 Å². The van der Waals surface area contributed by atoms with Gasteiger partial charge in [-0.3, -0.25) is 4.79 Å². The number of hydrogen-bond donors (Lipinski definition) is 1. The maximum Gasteiger partial charge on any atom is 0.262 e. The molecule has 1 aliphatic carbocycles. The largest absolute Gasteiger partial charge is 0.344 e. The fraction of sp³-hybridized carbons (Fsp3) is 0.190. The van der Waals surface area contributed by atoms with Gasteiger partial charge in [0.15, 0.2) is 0 Å². The molecular formula is C21H18BrN3O. The molecule has 26 heavy (non-hydrogen) atoms. The molecule has 0 radical (unpaired) electrons. The molecule has 0 spiro atoms. The Kier molecular flexibility index (Phi) is 5.98. The van der Waals surface area contributed by atoms with Crippen LogP contribution < -0.4 is 5.32 Å². The molecule has 0 aliphatic heterocycles. The van der Waals surface area contributed by atoms with Crippen LogP contribution in [0, 0.1) is 17.2 Å². The van der Waals surface area contributed by atoms with E-state index in [9.17, 15) is 10.1 Å². The van der Waals surface area contributed by atoms with Crippen LogP contribution in [0.15, 0.2) is 70.9 Å². The van der Waals surface area contributed by atoms with Crippen LogP contribution in [-0.2, 0) is 4.79 Å². The van der Waals surface area contributed by atoms with Gasteiger partial charge < -0.3 is 5.32 Å². The fourth-order valence-electron chi connectivity index (χ4n) is 2.71. The average molecular weight is 408 g/mol. The number of carbonyl (C=O) groups excluding carboxylic acids is 1. The number of aromatic nitrogens is 1. The lowest BCUT2D eigenvalue weighted by atomic mass is 10.0. The summed E-state index contributed by atoms with van der Waals surface area (Å²) in [5, 5.41) is 12.4. The van der Waals surface area contributed by atoms with Crippen molar-refractivity contribution in [3.05, 3.63) is 82.1 Å². The summed E-state index contributed by atoms with van der Waals surface area (Å²) in [5.41, 5.74) is 1.90. The van der Waals surface area contributed by atoms with Crippen LogP contribution in [0.5, 0.6) is 0 Å². The third kappa shape index (κ3) is 4.90. The highest BCUT2D eigenvalue weighted by Gasteiger charge is 2.33. The van der Waals surface area contributed by atoms with Crippen molar-refractivity contribution in [2.24, 2.45) is 5.92 Å². The lowest BCUT2D eigenvalue weighted by molar-refractivity contribution is -0.118. The number of halogens is 1. The van der Waals surface area contributed by atoms with Gasteiger partial charge in [0.25, 0.3) is 5.91 Å². The molecule has 1 N–H and O–H groups in total. The van der Waals surface area contributed by atoms with Gasteiger partial charge in [-0.15, -0.1) is 0 Å². The first-order chi connectivity index (χ1) is 12.7. The molecule has 1 fully saturated rings. The molecule has 1 atom stereocenters. The first-order valence-electron chi connectivity index (χ1n) is 8.44. The third-order valence-electron chi connectivity index (χ3n) is 4.17. The Morgan fingerprint density at radius 3 is 2.65 bits per heavy atom. The average Bonchev–Trinajstić information content (AvgIpc) is 3.49. The van der Waals surface area contributed by atoms with Gasteiger partial charge in [-0.05, 0) is 64.5 Å². The minimum absolute atomic E-state index is 0.0452. The SMILES string of the molecule is N#C/C(=C\C=C\c1cccc(Br)n1)C(=O)NC(c1ccccc1)C1CC1. The van der Waals surface area contributed by atoms with E-state index in [-0.39, 0.29) is 17.5 Å². The van der Waals surface area contributed by atoms with Crippen molar-refractivity contribution in [2.75, 3.05) is 0 Å². The summed E-state index contributed by atoms with van der Waals surface area (Å²) in [6, 6.07) is 17.4. The molecule has 3 rings (SSSR count). The van der Waals surface area contributed by atoms with E-state index in [4.69, 9.17) is 0 Å². The number of pyridine rings is 1. The Labute approximate surface area is 161 Å². The topological polar surface area (TPSA) is 65.8 Å². The molecule has 5 heteroatoms. The second-order valence-electron chi connectivity index (χ2n) is 6.14. The van der Waals surface area contributed by atoms with Gasteiger partial charge in [0.05, 0.1) is 11.7 Å². The predicted molar refractivity (Wildman–Crippen MR) is 105 cm³/mol. The molecule has 0 bridgehead atoms. The second kappa shape index (κ2) is 8.59. The summed E-state index contributed by atoms with van der Waals surface area (Å²) in [5.74, 6) is 0.0998. The van der Waals surface area contributed by atoms with E-state index in [0.29, 0.717) is 5.92 Å². The number of nitrogens with zero attached hydrogens (tertiary/aromatic N) is 2. The number of carbonyl (C=O) groups is 1. The molecule has 1 aromatic carbocycles. The van der Waals surface area contributed by atoms with E-state index in [1.54, 1.807) is 12.2 Å². The Bertz CT molecular complexity index is 880. The van der Waals surface area contributed by atoms with Gasteiger partial charge in [0.1, 0.15) is 16.2 Å². The monoisotopic (exact) mass is 407 g/mol. The van der Waals surface area contributed by atoms with Gasteiger partial charge in [-0.25, -0.2) is 4.98 Å². The summed E-state index contributed by atoms with van der Waals surface area (Å²) in [4.78, 5) is 16.8. The Morgan fingerprint density at radius 1 is 1.23 bits per heavy atom. The standard InChI is InChI=1S/C21H18BrN3O/c22-19-11-5-10-18(24-19)9-4-8-17(14-23)21(26)25-20(16-12-13-16)15-6-2-1-3-7-15/h1-11,16,20H,12-13H2,(H,25,26)/b9-4+,17-8+. The minimum atomic E-state index is -0.347. The van der Waals surface area contributed by atoms with Crippen LogP contribution in [0.4, 0.5) is 0 Å². The van der Waals surface area contributed by atoms with Gasteiger partial charge in [0.2, 0.25) is 0 Å². The molecule has 2 aromatic rings. The first-order valence-corrected chi connectivity index (χ1v) is 9.23. The second-order valence-corrected chi connectivity index (χ2v) is 6.95. The number of allylic oxidation sites excluding steroid dienone is 2. The predicted octanol–water partition coefficient (Wildman–Crippen LogP) is 4.57. The number of benzene rings is 1. The number of amides is 1. The molecule has 1 saturated carbocycles. The van der Waals surface area contributed by atoms with Crippen molar-refractivity contribution in [1.29, 1.82) is 5.26 Å².